The number of hydrogen-bond donors (Lipinski definition) is 1. The minimum Gasteiger partial charge on any atom is -0.460 e. The summed E-state index contributed by atoms with van der Waals surface area (Å²) in [6, 6.07) is 6.00. The number of esters is 1. The zero-order chi connectivity index (χ0) is 11.1. The van der Waals surface area contributed by atoms with Crippen LogP contribution in [0.25, 0.3) is 10.4 Å². The van der Waals surface area contributed by atoms with E-state index in [1.165, 1.54) is 24.3 Å². The van der Waals surface area contributed by atoms with E-state index >= 15 is 0 Å². The molecule has 0 aliphatic carbocycles. The molecule has 1 N–H and O–H groups in total. The first kappa shape index (κ1) is 11.0. The van der Waals surface area contributed by atoms with Gasteiger partial charge in [-0.3, -0.25) is 0 Å². The van der Waals surface area contributed by atoms with Gasteiger partial charge in [0, 0.05) is 10.6 Å². The normalized spacial score (nSPS) is 9.13. The number of hydrogen-bond acceptors (Lipinski definition) is 4. The van der Waals surface area contributed by atoms with E-state index in [1.807, 2.05) is 0 Å². The summed E-state index contributed by atoms with van der Waals surface area (Å²) in [4.78, 5) is 13.8. The summed E-state index contributed by atoms with van der Waals surface area (Å²) >= 11 is 0. The Morgan fingerprint density at radius 3 is 2.67 bits per heavy atom. The van der Waals surface area contributed by atoms with Crippen LogP contribution in [0.15, 0.2) is 29.4 Å². The molecule has 0 heterocycles. The number of ether oxygens (including phenoxy) is 1. The number of azide groups is 1. The maximum Gasteiger partial charge on any atom is 0.338 e. The first-order valence-electron chi connectivity index (χ1n) is 4.21. The Bertz CT molecular complexity index is 382. The van der Waals surface area contributed by atoms with Crippen LogP contribution < -0.4 is 0 Å². The van der Waals surface area contributed by atoms with Gasteiger partial charge in [-0.05, 0) is 17.7 Å². The lowest BCUT2D eigenvalue weighted by molar-refractivity contribution is 0.0434. The molecule has 0 unspecified atom stereocenters. The van der Waals surface area contributed by atoms with Crippen LogP contribution in [0.2, 0.25) is 0 Å². The van der Waals surface area contributed by atoms with Gasteiger partial charge in [-0.1, -0.05) is 17.2 Å². The number of rotatable bonds is 4. The van der Waals surface area contributed by atoms with E-state index in [1.54, 1.807) is 0 Å². The third-order valence-electron chi connectivity index (χ3n) is 1.59. The van der Waals surface area contributed by atoms with Crippen molar-refractivity contribution in [1.82, 2.24) is 0 Å². The van der Waals surface area contributed by atoms with Crippen molar-refractivity contribution in [1.29, 1.82) is 0 Å². The Morgan fingerprint density at radius 2 is 2.13 bits per heavy atom. The molecule has 1 rings (SSSR count). The molecule has 0 radical (unpaired) electrons. The van der Waals surface area contributed by atoms with E-state index in [0.717, 1.165) is 0 Å². The predicted molar refractivity (Wildman–Crippen MR) is 52.6 cm³/mol. The minimum atomic E-state index is -0.517. The quantitative estimate of drug-likeness (QED) is 0.352. The Hall–Kier alpha value is -2.04. The molecular formula is C9H9N3O3. The third kappa shape index (κ3) is 3.30. The van der Waals surface area contributed by atoms with Crippen molar-refractivity contribution in [2.45, 2.75) is 0 Å². The van der Waals surface area contributed by atoms with E-state index in [9.17, 15) is 4.79 Å². The topological polar surface area (TPSA) is 95.3 Å². The molecule has 0 fully saturated rings. The van der Waals surface area contributed by atoms with Crippen LogP contribution in [-0.2, 0) is 4.74 Å². The number of aliphatic hydroxyl groups excluding tert-OH is 1. The van der Waals surface area contributed by atoms with Crippen LogP contribution in [0.1, 0.15) is 10.4 Å². The monoisotopic (exact) mass is 207 g/mol. The lowest BCUT2D eigenvalue weighted by Gasteiger charge is -2.02. The number of benzene rings is 1. The van der Waals surface area contributed by atoms with Crippen molar-refractivity contribution < 1.29 is 14.6 Å². The molecule has 0 aliphatic rings. The van der Waals surface area contributed by atoms with Crippen molar-refractivity contribution in [3.05, 3.63) is 40.3 Å². The molecule has 78 valence electrons. The van der Waals surface area contributed by atoms with Crippen molar-refractivity contribution in [2.75, 3.05) is 13.2 Å². The van der Waals surface area contributed by atoms with Crippen LogP contribution in [0, 0.1) is 0 Å². The van der Waals surface area contributed by atoms with Gasteiger partial charge in [0.15, 0.2) is 0 Å². The molecule has 0 bridgehead atoms. The Labute approximate surface area is 85.7 Å². The van der Waals surface area contributed by atoms with Gasteiger partial charge >= 0.3 is 5.97 Å². The molecule has 0 spiro atoms. The van der Waals surface area contributed by atoms with Gasteiger partial charge in [0.25, 0.3) is 0 Å². The molecule has 0 aromatic heterocycles. The SMILES string of the molecule is [N-]=[N+]=Nc1ccc(C(=O)OCCO)cc1. The van der Waals surface area contributed by atoms with Crippen molar-refractivity contribution >= 4 is 11.7 Å². The maximum atomic E-state index is 11.2. The molecule has 0 aliphatic heterocycles. The lowest BCUT2D eigenvalue weighted by atomic mass is 10.2. The zero-order valence-corrected chi connectivity index (χ0v) is 7.83. The summed E-state index contributed by atoms with van der Waals surface area (Å²) in [7, 11) is 0. The average Bonchev–Trinajstić information content (AvgIpc) is 2.27. The van der Waals surface area contributed by atoms with Crippen LogP contribution in [0.3, 0.4) is 0 Å². The largest absolute Gasteiger partial charge is 0.460 e. The molecular weight excluding hydrogens is 198 g/mol. The van der Waals surface area contributed by atoms with E-state index in [0.29, 0.717) is 11.3 Å². The van der Waals surface area contributed by atoms with Crippen LogP contribution in [-0.4, -0.2) is 24.3 Å². The van der Waals surface area contributed by atoms with Gasteiger partial charge in [0.1, 0.15) is 6.61 Å². The standard InChI is InChI=1S/C9H9N3O3/c10-12-11-8-3-1-7(2-4-8)9(14)15-6-5-13/h1-4,13H,5-6H2. The summed E-state index contributed by atoms with van der Waals surface area (Å²) in [5.41, 5.74) is 8.93. The smallest absolute Gasteiger partial charge is 0.338 e. The number of nitrogens with zero attached hydrogens (tertiary/aromatic N) is 3. The lowest BCUT2D eigenvalue weighted by Crippen LogP contribution is -2.08. The third-order valence-corrected chi connectivity index (χ3v) is 1.59. The van der Waals surface area contributed by atoms with E-state index in [-0.39, 0.29) is 13.2 Å². The highest BCUT2D eigenvalue weighted by Crippen LogP contribution is 2.13. The maximum absolute atomic E-state index is 11.2. The van der Waals surface area contributed by atoms with Gasteiger partial charge in [-0.15, -0.1) is 0 Å². The van der Waals surface area contributed by atoms with E-state index in [2.05, 4.69) is 14.8 Å². The fourth-order valence-corrected chi connectivity index (χ4v) is 0.937. The van der Waals surface area contributed by atoms with Gasteiger partial charge in [-0.2, -0.15) is 0 Å². The molecule has 0 amide bonds. The van der Waals surface area contributed by atoms with Crippen molar-refractivity contribution in [3.8, 4) is 0 Å². The second kappa shape index (κ2) is 5.64. The van der Waals surface area contributed by atoms with Crippen molar-refractivity contribution in [3.63, 3.8) is 0 Å². The zero-order valence-electron chi connectivity index (χ0n) is 7.83. The Morgan fingerprint density at radius 1 is 1.47 bits per heavy atom. The van der Waals surface area contributed by atoms with E-state index < -0.39 is 5.97 Å². The summed E-state index contributed by atoms with van der Waals surface area (Å²) in [6.45, 7) is -0.237. The molecule has 0 saturated carbocycles. The molecule has 6 nitrogen and oxygen atoms in total. The number of carbonyl (C=O) groups excluding carboxylic acids is 1. The first-order valence-corrected chi connectivity index (χ1v) is 4.21. The molecule has 6 heteroatoms. The molecule has 15 heavy (non-hydrogen) atoms. The minimum absolute atomic E-state index is 0.0308. The average molecular weight is 207 g/mol. The summed E-state index contributed by atoms with van der Waals surface area (Å²) in [6.07, 6.45) is 0. The van der Waals surface area contributed by atoms with Gasteiger partial charge in [0.05, 0.1) is 12.2 Å². The molecule has 0 saturated heterocycles. The van der Waals surface area contributed by atoms with Gasteiger partial charge < -0.3 is 9.84 Å². The van der Waals surface area contributed by atoms with Gasteiger partial charge in [-0.25, -0.2) is 4.79 Å². The highest BCUT2D eigenvalue weighted by Gasteiger charge is 2.05. The Balaban J connectivity index is 2.70. The Kier molecular flexibility index (Phi) is 4.15. The molecule has 0 atom stereocenters. The fraction of sp³-hybridized carbons (Fsp3) is 0.222. The summed E-state index contributed by atoms with van der Waals surface area (Å²) in [5, 5.41) is 11.8. The number of carbonyl (C=O) groups is 1. The highest BCUT2D eigenvalue weighted by molar-refractivity contribution is 5.89. The van der Waals surface area contributed by atoms with E-state index in [4.69, 9.17) is 10.6 Å². The first-order chi connectivity index (χ1) is 7.27. The summed E-state index contributed by atoms with van der Waals surface area (Å²) in [5.74, 6) is -0.517. The van der Waals surface area contributed by atoms with Crippen LogP contribution in [0.5, 0.6) is 0 Å². The summed E-state index contributed by atoms with van der Waals surface area (Å²) < 4.78 is 4.68. The predicted octanol–water partition coefficient (Wildman–Crippen LogP) is 1.78. The van der Waals surface area contributed by atoms with Crippen LogP contribution in [0.4, 0.5) is 5.69 Å². The number of aliphatic hydroxyl groups is 1. The second-order valence-electron chi connectivity index (χ2n) is 2.60. The molecule has 1 aromatic carbocycles. The van der Waals surface area contributed by atoms with Gasteiger partial charge in [0.2, 0.25) is 0 Å². The van der Waals surface area contributed by atoms with Crippen molar-refractivity contribution in [2.24, 2.45) is 5.11 Å². The highest BCUT2D eigenvalue weighted by atomic mass is 16.5. The molecule has 1 aromatic rings. The van der Waals surface area contributed by atoms with Crippen LogP contribution >= 0.6 is 0 Å². The second-order valence-corrected chi connectivity index (χ2v) is 2.60. The fourth-order valence-electron chi connectivity index (χ4n) is 0.937.